The minimum atomic E-state index is -1.17. The Morgan fingerprint density at radius 1 is 1.11 bits per heavy atom. The Hall–Kier alpha value is -1.91. The lowest BCUT2D eigenvalue weighted by atomic mass is 9.78. The van der Waals surface area contributed by atoms with Crippen LogP contribution in [0.25, 0.3) is 0 Å². The fourth-order valence-corrected chi connectivity index (χ4v) is 2.49. The number of benzene rings is 1. The van der Waals surface area contributed by atoms with Gasteiger partial charge in [-0.2, -0.15) is 0 Å². The average Bonchev–Trinajstić information content (AvgIpc) is 2.41. The minimum absolute atomic E-state index is 0.333. The Morgan fingerprint density at radius 3 is 2.26 bits per heavy atom. The van der Waals surface area contributed by atoms with Gasteiger partial charge in [0.25, 0.3) is 0 Å². The monoisotopic (exact) mass is 264 g/mol. The van der Waals surface area contributed by atoms with Crippen LogP contribution in [-0.2, 0) is 9.59 Å². The van der Waals surface area contributed by atoms with Gasteiger partial charge in [-0.3, -0.25) is 4.79 Å². The molecular weight excluding hydrogens is 249 g/mol. The summed E-state index contributed by atoms with van der Waals surface area (Å²) in [7, 11) is 0. The molecule has 0 aromatic heterocycles. The number of carbonyl (C=O) groups excluding carboxylic acids is 2. The second-order valence-corrected chi connectivity index (χ2v) is 4.81. The Morgan fingerprint density at radius 2 is 1.68 bits per heavy atom. The highest BCUT2D eigenvalue weighted by atomic mass is 19.1. The van der Waals surface area contributed by atoms with Crippen molar-refractivity contribution in [3.8, 4) is 0 Å². The van der Waals surface area contributed by atoms with E-state index in [0.29, 0.717) is 18.5 Å². The van der Waals surface area contributed by atoms with Crippen LogP contribution in [0.1, 0.15) is 25.7 Å². The van der Waals surface area contributed by atoms with Crippen molar-refractivity contribution in [2.24, 2.45) is 11.8 Å². The van der Waals surface area contributed by atoms with E-state index in [0.717, 1.165) is 12.8 Å². The van der Waals surface area contributed by atoms with Gasteiger partial charge in [0.15, 0.2) is 0 Å². The molecule has 1 aliphatic rings. The molecule has 0 radical (unpaired) electrons. The molecule has 1 aromatic rings. The molecule has 0 spiro atoms. The van der Waals surface area contributed by atoms with Crippen LogP contribution < -0.4 is 10.4 Å². The van der Waals surface area contributed by atoms with E-state index in [9.17, 15) is 19.1 Å². The molecule has 1 amide bonds. The minimum Gasteiger partial charge on any atom is -0.550 e. The number of carboxylic acid groups (broad SMARTS) is 1. The maximum absolute atomic E-state index is 12.7. The highest BCUT2D eigenvalue weighted by Gasteiger charge is 2.31. The normalized spacial score (nSPS) is 22.8. The molecule has 0 unspecified atom stereocenters. The van der Waals surface area contributed by atoms with Gasteiger partial charge in [-0.05, 0) is 37.1 Å². The zero-order valence-electron chi connectivity index (χ0n) is 10.4. The summed E-state index contributed by atoms with van der Waals surface area (Å²) >= 11 is 0. The third kappa shape index (κ3) is 3.30. The fraction of sp³-hybridized carbons (Fsp3) is 0.429. The zero-order chi connectivity index (χ0) is 13.8. The van der Waals surface area contributed by atoms with E-state index in [2.05, 4.69) is 5.32 Å². The van der Waals surface area contributed by atoms with Crippen molar-refractivity contribution in [1.82, 2.24) is 0 Å². The second kappa shape index (κ2) is 5.82. The van der Waals surface area contributed by atoms with Crippen molar-refractivity contribution < 1.29 is 19.1 Å². The molecule has 1 N–H and O–H groups in total. The molecule has 2 atom stereocenters. The van der Waals surface area contributed by atoms with Gasteiger partial charge < -0.3 is 15.2 Å². The number of halogens is 1. The van der Waals surface area contributed by atoms with Crippen LogP contribution in [0.3, 0.4) is 0 Å². The number of hydrogen-bond acceptors (Lipinski definition) is 3. The van der Waals surface area contributed by atoms with Crippen molar-refractivity contribution >= 4 is 17.6 Å². The summed E-state index contributed by atoms with van der Waals surface area (Å²) in [5.74, 6) is -3.18. The van der Waals surface area contributed by atoms with Gasteiger partial charge in [-0.1, -0.05) is 12.8 Å². The van der Waals surface area contributed by atoms with E-state index < -0.39 is 17.8 Å². The molecule has 0 heterocycles. The summed E-state index contributed by atoms with van der Waals surface area (Å²) in [6, 6.07) is 5.38. The van der Waals surface area contributed by atoms with Crippen molar-refractivity contribution in [2.75, 3.05) is 5.32 Å². The molecule has 1 fully saturated rings. The van der Waals surface area contributed by atoms with Crippen molar-refractivity contribution in [2.45, 2.75) is 25.7 Å². The van der Waals surface area contributed by atoms with Gasteiger partial charge in [0.2, 0.25) is 5.91 Å². The van der Waals surface area contributed by atoms with E-state index in [4.69, 9.17) is 0 Å². The standard InChI is InChI=1S/C14H16FNO3/c15-9-5-7-10(8-6-9)16-13(17)11-3-1-2-4-12(11)14(18)19/h5-8,11-12H,1-4H2,(H,16,17)(H,18,19)/p-1/t11-,12+/m1/s1. The van der Waals surface area contributed by atoms with Crippen LogP contribution in [0.15, 0.2) is 24.3 Å². The van der Waals surface area contributed by atoms with Crippen LogP contribution in [0.4, 0.5) is 10.1 Å². The quantitative estimate of drug-likeness (QED) is 0.895. The van der Waals surface area contributed by atoms with Gasteiger partial charge in [0.1, 0.15) is 5.82 Å². The van der Waals surface area contributed by atoms with Crippen molar-refractivity contribution in [3.63, 3.8) is 0 Å². The molecule has 102 valence electrons. The Labute approximate surface area is 110 Å². The van der Waals surface area contributed by atoms with Crippen LogP contribution in [-0.4, -0.2) is 11.9 Å². The van der Waals surface area contributed by atoms with Crippen LogP contribution in [0.2, 0.25) is 0 Å². The molecule has 0 saturated heterocycles. The van der Waals surface area contributed by atoms with Crippen LogP contribution in [0, 0.1) is 17.7 Å². The summed E-state index contributed by atoms with van der Waals surface area (Å²) in [6.07, 6.45) is 2.67. The first-order chi connectivity index (χ1) is 9.08. The predicted octanol–water partition coefficient (Wildman–Crippen LogP) is 1.32. The fourth-order valence-electron chi connectivity index (χ4n) is 2.49. The van der Waals surface area contributed by atoms with E-state index >= 15 is 0 Å². The highest BCUT2D eigenvalue weighted by molar-refractivity contribution is 5.94. The second-order valence-electron chi connectivity index (χ2n) is 4.81. The molecule has 4 nitrogen and oxygen atoms in total. The summed E-state index contributed by atoms with van der Waals surface area (Å²) in [5.41, 5.74) is 0.467. The number of nitrogens with one attached hydrogen (secondary N) is 1. The first-order valence-electron chi connectivity index (χ1n) is 6.35. The van der Waals surface area contributed by atoms with Gasteiger partial charge in [-0.25, -0.2) is 4.39 Å². The number of hydrogen-bond donors (Lipinski definition) is 1. The maximum atomic E-state index is 12.7. The smallest absolute Gasteiger partial charge is 0.228 e. The molecule has 19 heavy (non-hydrogen) atoms. The lowest BCUT2D eigenvalue weighted by Crippen LogP contribution is -2.42. The number of carboxylic acids is 1. The topological polar surface area (TPSA) is 69.2 Å². The van der Waals surface area contributed by atoms with Crippen molar-refractivity contribution in [3.05, 3.63) is 30.1 Å². The third-order valence-electron chi connectivity index (χ3n) is 3.52. The number of aliphatic carboxylic acids is 1. The van der Waals surface area contributed by atoms with E-state index in [-0.39, 0.29) is 11.7 Å². The largest absolute Gasteiger partial charge is 0.550 e. The van der Waals surface area contributed by atoms with Crippen LogP contribution in [0.5, 0.6) is 0 Å². The van der Waals surface area contributed by atoms with Gasteiger partial charge in [-0.15, -0.1) is 0 Å². The van der Waals surface area contributed by atoms with E-state index in [1.807, 2.05) is 0 Å². The molecule has 0 aliphatic heterocycles. The third-order valence-corrected chi connectivity index (χ3v) is 3.52. The highest BCUT2D eigenvalue weighted by Crippen LogP contribution is 2.30. The van der Waals surface area contributed by atoms with Gasteiger partial charge in [0.05, 0.1) is 0 Å². The molecule has 1 saturated carbocycles. The first-order valence-corrected chi connectivity index (χ1v) is 6.35. The summed E-state index contributed by atoms with van der Waals surface area (Å²) in [5, 5.41) is 13.7. The predicted molar refractivity (Wildman–Crippen MR) is 65.5 cm³/mol. The zero-order valence-corrected chi connectivity index (χ0v) is 10.4. The number of anilines is 1. The summed E-state index contributed by atoms with van der Waals surface area (Å²) < 4.78 is 12.7. The van der Waals surface area contributed by atoms with Gasteiger partial charge >= 0.3 is 0 Å². The Balaban J connectivity index is 2.05. The SMILES string of the molecule is O=C([O-])[C@H]1CCCC[C@H]1C(=O)Nc1ccc(F)cc1. The molecule has 1 aromatic carbocycles. The maximum Gasteiger partial charge on any atom is 0.228 e. The lowest BCUT2D eigenvalue weighted by molar-refractivity contribution is -0.313. The first kappa shape index (κ1) is 13.5. The molecule has 0 bridgehead atoms. The number of carbonyl (C=O) groups is 2. The van der Waals surface area contributed by atoms with Gasteiger partial charge in [0, 0.05) is 23.5 Å². The Bertz CT molecular complexity index is 472. The summed E-state index contributed by atoms with van der Waals surface area (Å²) in [4.78, 5) is 23.1. The average molecular weight is 264 g/mol. The summed E-state index contributed by atoms with van der Waals surface area (Å²) in [6.45, 7) is 0. The van der Waals surface area contributed by atoms with Crippen molar-refractivity contribution in [1.29, 1.82) is 0 Å². The molecule has 1 aliphatic carbocycles. The molecule has 2 rings (SSSR count). The van der Waals surface area contributed by atoms with Crippen LogP contribution >= 0.6 is 0 Å². The molecule has 5 heteroatoms. The lowest BCUT2D eigenvalue weighted by Gasteiger charge is -2.31. The number of amides is 1. The van der Waals surface area contributed by atoms with E-state index in [1.165, 1.54) is 24.3 Å². The van der Waals surface area contributed by atoms with E-state index in [1.54, 1.807) is 0 Å². The number of rotatable bonds is 3. The Kier molecular flexibility index (Phi) is 4.14. The molecular formula is C14H15FNO3-.